The van der Waals surface area contributed by atoms with Gasteiger partial charge in [0.2, 0.25) is 10.0 Å². The second kappa shape index (κ2) is 5.12. The fraction of sp³-hybridized carbons (Fsp3) is 0.385. The van der Waals surface area contributed by atoms with Crippen molar-refractivity contribution in [3.05, 3.63) is 30.1 Å². The van der Waals surface area contributed by atoms with Crippen molar-refractivity contribution in [3.8, 4) is 0 Å². The minimum absolute atomic E-state index is 0.139. The smallest absolute Gasteiger partial charge is 0.337 e. The number of carbonyl (C=O) groups is 1. The molecule has 1 aromatic heterocycles. The van der Waals surface area contributed by atoms with Gasteiger partial charge in [0, 0.05) is 12.1 Å². The number of hydrogen-bond acceptors (Lipinski definition) is 4. The maximum atomic E-state index is 11.4. The molecule has 0 atom stereocenters. The van der Waals surface area contributed by atoms with Crippen molar-refractivity contribution in [2.24, 2.45) is 0 Å². The number of nitrogens with zero attached hydrogens (tertiary/aromatic N) is 2. The van der Waals surface area contributed by atoms with Crippen LogP contribution in [0.3, 0.4) is 0 Å². The summed E-state index contributed by atoms with van der Waals surface area (Å²) >= 11 is 0. The second-order valence-electron chi connectivity index (χ2n) is 5.61. The number of hydrogen-bond donors (Lipinski definition) is 2. The van der Waals surface area contributed by atoms with Gasteiger partial charge >= 0.3 is 5.97 Å². The van der Waals surface area contributed by atoms with E-state index < -0.39 is 21.5 Å². The molecule has 0 aliphatic rings. The maximum absolute atomic E-state index is 11.4. The van der Waals surface area contributed by atoms with Gasteiger partial charge in [0.15, 0.2) is 0 Å². The lowest BCUT2D eigenvalue weighted by molar-refractivity contribution is 0.0698. The van der Waals surface area contributed by atoms with Crippen molar-refractivity contribution in [3.63, 3.8) is 0 Å². The summed E-state index contributed by atoms with van der Waals surface area (Å²) in [4.78, 5) is 15.5. The molecule has 1 heterocycles. The van der Waals surface area contributed by atoms with E-state index in [9.17, 15) is 18.3 Å². The molecule has 21 heavy (non-hydrogen) atoms. The molecule has 0 bridgehead atoms. The van der Waals surface area contributed by atoms with Crippen LogP contribution in [-0.2, 0) is 16.6 Å². The fourth-order valence-electron chi connectivity index (χ4n) is 2.38. The standard InChI is InChI=1S/C13H17N3O4S/c1-13(2,15-21(3,19)20)7-16-8-14-10-6-4-5-9(11(10)16)12(17)18/h4-6,8,15H,7H2,1-3H3,(H,17,18). The summed E-state index contributed by atoms with van der Waals surface area (Å²) in [5.41, 5.74) is 0.408. The molecule has 8 heteroatoms. The first-order chi connectivity index (χ1) is 9.59. The van der Waals surface area contributed by atoms with E-state index in [1.54, 1.807) is 30.5 Å². The van der Waals surface area contributed by atoms with E-state index in [0.29, 0.717) is 11.0 Å². The highest BCUT2D eigenvalue weighted by Crippen LogP contribution is 2.20. The number of imidazole rings is 1. The number of sulfonamides is 1. The summed E-state index contributed by atoms with van der Waals surface area (Å²) in [7, 11) is -3.36. The Morgan fingerprint density at radius 3 is 2.67 bits per heavy atom. The van der Waals surface area contributed by atoms with Gasteiger partial charge in [-0.15, -0.1) is 0 Å². The molecule has 0 spiro atoms. The van der Waals surface area contributed by atoms with E-state index in [0.717, 1.165) is 6.26 Å². The Hall–Kier alpha value is -1.93. The van der Waals surface area contributed by atoms with E-state index >= 15 is 0 Å². The van der Waals surface area contributed by atoms with Crippen LogP contribution in [0.15, 0.2) is 24.5 Å². The minimum atomic E-state index is -3.36. The lowest BCUT2D eigenvalue weighted by atomic mass is 10.1. The zero-order valence-corrected chi connectivity index (χ0v) is 12.8. The van der Waals surface area contributed by atoms with Crippen LogP contribution in [-0.4, -0.2) is 40.8 Å². The van der Waals surface area contributed by atoms with Crippen molar-refractivity contribution in [1.82, 2.24) is 14.3 Å². The molecule has 0 aliphatic heterocycles. The lowest BCUT2D eigenvalue weighted by Crippen LogP contribution is -2.45. The molecule has 1 aromatic carbocycles. The maximum Gasteiger partial charge on any atom is 0.337 e. The molecule has 0 aliphatic carbocycles. The predicted octanol–water partition coefficient (Wildman–Crippen LogP) is 1.06. The van der Waals surface area contributed by atoms with Crippen LogP contribution in [0.5, 0.6) is 0 Å². The number of rotatable bonds is 5. The number of aromatic carboxylic acids is 1. The van der Waals surface area contributed by atoms with E-state index in [1.165, 1.54) is 12.4 Å². The molecule has 114 valence electrons. The number of para-hydroxylation sites is 1. The van der Waals surface area contributed by atoms with E-state index in [1.807, 2.05) is 0 Å². The third-order valence-corrected chi connectivity index (χ3v) is 3.82. The molecule has 0 amide bonds. The molecule has 0 radical (unpaired) electrons. The Morgan fingerprint density at radius 2 is 2.10 bits per heavy atom. The van der Waals surface area contributed by atoms with Gasteiger partial charge in [-0.25, -0.2) is 22.9 Å². The lowest BCUT2D eigenvalue weighted by Gasteiger charge is -2.25. The van der Waals surface area contributed by atoms with Crippen LogP contribution in [0.2, 0.25) is 0 Å². The van der Waals surface area contributed by atoms with Gasteiger partial charge in [-0.1, -0.05) is 6.07 Å². The Balaban J connectivity index is 2.46. The number of nitrogens with one attached hydrogen (secondary N) is 1. The Labute approximate surface area is 122 Å². The topological polar surface area (TPSA) is 101 Å². The molecule has 7 nitrogen and oxygen atoms in total. The van der Waals surface area contributed by atoms with Gasteiger partial charge in [0.1, 0.15) is 0 Å². The quantitative estimate of drug-likeness (QED) is 0.860. The number of aromatic nitrogens is 2. The van der Waals surface area contributed by atoms with Crippen molar-refractivity contribution in [2.75, 3.05) is 6.26 Å². The summed E-state index contributed by atoms with van der Waals surface area (Å²) in [6.45, 7) is 3.72. The van der Waals surface area contributed by atoms with Gasteiger partial charge in [-0.2, -0.15) is 0 Å². The zero-order chi connectivity index (χ0) is 15.8. The number of carboxylic acid groups (broad SMARTS) is 1. The van der Waals surface area contributed by atoms with Gasteiger partial charge in [-0.3, -0.25) is 0 Å². The normalized spacial score (nSPS) is 12.7. The van der Waals surface area contributed by atoms with E-state index in [4.69, 9.17) is 0 Å². The van der Waals surface area contributed by atoms with E-state index in [-0.39, 0.29) is 12.1 Å². The van der Waals surface area contributed by atoms with Gasteiger partial charge in [0.25, 0.3) is 0 Å². The highest BCUT2D eigenvalue weighted by molar-refractivity contribution is 7.88. The summed E-state index contributed by atoms with van der Waals surface area (Å²) in [5, 5.41) is 9.26. The SMILES string of the molecule is CC(C)(Cn1cnc2cccc(C(=O)O)c21)NS(C)(=O)=O. The molecule has 0 fully saturated rings. The van der Waals surface area contributed by atoms with Crippen LogP contribution >= 0.6 is 0 Å². The van der Waals surface area contributed by atoms with Crippen molar-refractivity contribution >= 4 is 27.0 Å². The number of benzene rings is 1. The van der Waals surface area contributed by atoms with Crippen LogP contribution in [0, 0.1) is 0 Å². The summed E-state index contributed by atoms with van der Waals surface area (Å²) in [6, 6.07) is 4.85. The van der Waals surface area contributed by atoms with Crippen molar-refractivity contribution in [2.45, 2.75) is 25.9 Å². The van der Waals surface area contributed by atoms with Crippen LogP contribution in [0.25, 0.3) is 11.0 Å². The average molecular weight is 311 g/mol. The Kier molecular flexibility index (Phi) is 3.77. The number of carboxylic acids is 1. The van der Waals surface area contributed by atoms with Crippen molar-refractivity contribution in [1.29, 1.82) is 0 Å². The molecule has 0 unspecified atom stereocenters. The molecule has 0 saturated carbocycles. The molecular weight excluding hydrogens is 294 g/mol. The predicted molar refractivity (Wildman–Crippen MR) is 78.8 cm³/mol. The highest BCUT2D eigenvalue weighted by atomic mass is 32.2. The van der Waals surface area contributed by atoms with Crippen LogP contribution in [0.4, 0.5) is 0 Å². The molecule has 2 N–H and O–H groups in total. The first-order valence-corrected chi connectivity index (χ1v) is 8.14. The third kappa shape index (κ3) is 3.59. The summed E-state index contributed by atoms with van der Waals surface area (Å²) in [5.74, 6) is -1.05. The van der Waals surface area contributed by atoms with Crippen molar-refractivity contribution < 1.29 is 18.3 Å². The Morgan fingerprint density at radius 1 is 1.43 bits per heavy atom. The average Bonchev–Trinajstić information content (AvgIpc) is 2.68. The molecule has 2 rings (SSSR count). The molecule has 2 aromatic rings. The van der Waals surface area contributed by atoms with Gasteiger partial charge in [-0.05, 0) is 26.0 Å². The largest absolute Gasteiger partial charge is 0.478 e. The first kappa shape index (κ1) is 15.5. The fourth-order valence-corrected chi connectivity index (χ4v) is 3.45. The molecule has 0 saturated heterocycles. The van der Waals surface area contributed by atoms with Gasteiger partial charge in [0.05, 0.1) is 29.2 Å². The van der Waals surface area contributed by atoms with Crippen LogP contribution < -0.4 is 4.72 Å². The first-order valence-electron chi connectivity index (χ1n) is 6.25. The monoisotopic (exact) mass is 311 g/mol. The third-order valence-electron chi connectivity index (χ3n) is 2.90. The van der Waals surface area contributed by atoms with E-state index in [2.05, 4.69) is 9.71 Å². The van der Waals surface area contributed by atoms with Gasteiger partial charge < -0.3 is 9.67 Å². The second-order valence-corrected chi connectivity index (χ2v) is 7.36. The summed E-state index contributed by atoms with van der Waals surface area (Å²) in [6.07, 6.45) is 2.60. The molecular formula is C13H17N3O4S. The van der Waals surface area contributed by atoms with Crippen LogP contribution in [0.1, 0.15) is 24.2 Å². The number of fused-ring (bicyclic) bond motifs is 1. The zero-order valence-electron chi connectivity index (χ0n) is 12.0. The highest BCUT2D eigenvalue weighted by Gasteiger charge is 2.24. The Bertz CT molecular complexity index is 793. The minimum Gasteiger partial charge on any atom is -0.478 e. The summed E-state index contributed by atoms with van der Waals surface area (Å²) < 4.78 is 26.9.